The predicted molar refractivity (Wildman–Crippen MR) is 65.5 cm³/mol. The predicted octanol–water partition coefficient (Wildman–Crippen LogP) is 3.59. The molecule has 0 aliphatic heterocycles. The van der Waals surface area contributed by atoms with Crippen LogP contribution in [0.1, 0.15) is 62.9 Å². The van der Waals surface area contributed by atoms with E-state index in [1.165, 1.54) is 19.3 Å². The van der Waals surface area contributed by atoms with E-state index in [1.54, 1.807) is 12.5 Å². The van der Waals surface area contributed by atoms with Crippen molar-refractivity contribution in [1.82, 2.24) is 9.97 Å². The van der Waals surface area contributed by atoms with Gasteiger partial charge in [-0.1, -0.05) is 39.5 Å². The van der Waals surface area contributed by atoms with E-state index in [0.717, 1.165) is 18.8 Å². The lowest BCUT2D eigenvalue weighted by Gasteiger charge is -2.03. The van der Waals surface area contributed by atoms with Crippen LogP contribution in [0.4, 0.5) is 0 Å². The molecule has 0 unspecified atom stereocenters. The number of carbonyl (C=O) groups excluding carboxylic acids is 1. The van der Waals surface area contributed by atoms with Crippen LogP contribution in [0.5, 0.6) is 0 Å². The van der Waals surface area contributed by atoms with E-state index in [2.05, 4.69) is 23.8 Å². The number of imidazole rings is 1. The smallest absolute Gasteiger partial charge is 0.180 e. The van der Waals surface area contributed by atoms with Crippen molar-refractivity contribution in [2.45, 2.75) is 52.4 Å². The minimum atomic E-state index is 0.182. The van der Waals surface area contributed by atoms with Gasteiger partial charge in [-0.25, -0.2) is 4.98 Å². The van der Waals surface area contributed by atoms with Crippen molar-refractivity contribution in [2.75, 3.05) is 0 Å². The molecule has 0 bridgehead atoms. The maximum Gasteiger partial charge on any atom is 0.180 e. The zero-order valence-corrected chi connectivity index (χ0v) is 10.3. The van der Waals surface area contributed by atoms with E-state index in [0.29, 0.717) is 12.1 Å². The van der Waals surface area contributed by atoms with Crippen molar-refractivity contribution in [3.63, 3.8) is 0 Å². The summed E-state index contributed by atoms with van der Waals surface area (Å²) in [6.45, 7) is 4.50. The van der Waals surface area contributed by atoms with Crippen LogP contribution >= 0.6 is 0 Å². The number of nitrogens with zero attached hydrogens (tertiary/aromatic N) is 1. The molecular weight excluding hydrogens is 200 g/mol. The fourth-order valence-electron chi connectivity index (χ4n) is 1.73. The second-order valence-corrected chi connectivity index (χ2v) is 4.74. The first kappa shape index (κ1) is 12.9. The lowest BCUT2D eigenvalue weighted by Crippen LogP contribution is -1.99. The maximum atomic E-state index is 11.6. The molecule has 0 saturated heterocycles. The van der Waals surface area contributed by atoms with E-state index < -0.39 is 0 Å². The van der Waals surface area contributed by atoms with Gasteiger partial charge in [-0.15, -0.1) is 0 Å². The molecule has 0 radical (unpaired) electrons. The highest BCUT2D eigenvalue weighted by molar-refractivity contribution is 5.93. The van der Waals surface area contributed by atoms with E-state index in [1.807, 2.05) is 0 Å². The molecule has 0 aliphatic rings. The Balaban J connectivity index is 2.01. The van der Waals surface area contributed by atoms with Gasteiger partial charge in [0, 0.05) is 6.42 Å². The molecule has 1 N–H and O–H groups in total. The number of rotatable bonds is 8. The minimum Gasteiger partial charge on any atom is -0.342 e. The van der Waals surface area contributed by atoms with Gasteiger partial charge in [-0.3, -0.25) is 4.79 Å². The number of H-pyrrole nitrogens is 1. The van der Waals surface area contributed by atoms with Crippen LogP contribution in [-0.4, -0.2) is 15.8 Å². The average molecular weight is 222 g/mol. The van der Waals surface area contributed by atoms with Crippen LogP contribution in [-0.2, 0) is 0 Å². The first-order valence-corrected chi connectivity index (χ1v) is 6.21. The summed E-state index contributed by atoms with van der Waals surface area (Å²) in [5.74, 6) is 0.980. The van der Waals surface area contributed by atoms with Crippen molar-refractivity contribution in [2.24, 2.45) is 5.92 Å². The summed E-state index contributed by atoms with van der Waals surface area (Å²) in [6, 6.07) is 0. The lowest BCUT2D eigenvalue weighted by molar-refractivity contribution is 0.0974. The third kappa shape index (κ3) is 5.10. The molecule has 3 nitrogen and oxygen atoms in total. The normalized spacial score (nSPS) is 10.9. The Hall–Kier alpha value is -1.12. The molecule has 0 atom stereocenters. The average Bonchev–Trinajstić information content (AvgIpc) is 2.75. The van der Waals surface area contributed by atoms with E-state index in [-0.39, 0.29) is 5.78 Å². The van der Waals surface area contributed by atoms with Crippen LogP contribution in [0, 0.1) is 5.92 Å². The third-order valence-electron chi connectivity index (χ3n) is 2.73. The number of unbranched alkanes of at least 4 members (excludes halogenated alkanes) is 3. The zero-order chi connectivity index (χ0) is 11.8. The van der Waals surface area contributed by atoms with Crippen molar-refractivity contribution >= 4 is 5.78 Å². The Morgan fingerprint density at radius 3 is 2.69 bits per heavy atom. The summed E-state index contributed by atoms with van der Waals surface area (Å²) < 4.78 is 0. The molecule has 90 valence electrons. The van der Waals surface area contributed by atoms with E-state index in [4.69, 9.17) is 0 Å². The van der Waals surface area contributed by atoms with Crippen molar-refractivity contribution in [3.05, 3.63) is 18.2 Å². The van der Waals surface area contributed by atoms with Gasteiger partial charge in [0.05, 0.1) is 12.5 Å². The Kier molecular flexibility index (Phi) is 5.83. The molecule has 16 heavy (non-hydrogen) atoms. The van der Waals surface area contributed by atoms with Gasteiger partial charge in [0.2, 0.25) is 0 Å². The number of aromatic amines is 1. The number of carbonyl (C=O) groups is 1. The van der Waals surface area contributed by atoms with E-state index in [9.17, 15) is 4.79 Å². The van der Waals surface area contributed by atoms with Gasteiger partial charge in [-0.05, 0) is 12.3 Å². The Bertz CT molecular complexity index is 291. The molecule has 0 aromatic carbocycles. The van der Waals surface area contributed by atoms with Gasteiger partial charge >= 0.3 is 0 Å². The Morgan fingerprint density at radius 1 is 1.31 bits per heavy atom. The zero-order valence-electron chi connectivity index (χ0n) is 10.3. The van der Waals surface area contributed by atoms with Gasteiger partial charge in [0.1, 0.15) is 5.69 Å². The topological polar surface area (TPSA) is 45.8 Å². The molecular formula is C13H22N2O. The number of Topliss-reactive ketones (excluding diaryl/α,β-unsaturated/α-hetero) is 1. The van der Waals surface area contributed by atoms with Crippen molar-refractivity contribution < 1.29 is 4.79 Å². The van der Waals surface area contributed by atoms with Crippen LogP contribution in [0.3, 0.4) is 0 Å². The highest BCUT2D eigenvalue weighted by atomic mass is 16.1. The number of aromatic nitrogens is 2. The SMILES string of the molecule is CC(C)CCCCCCC(=O)c1cnc[nH]1. The molecule has 0 amide bonds. The molecule has 1 aromatic rings. The second kappa shape index (κ2) is 7.20. The first-order chi connectivity index (χ1) is 7.70. The van der Waals surface area contributed by atoms with Crippen LogP contribution in [0.15, 0.2) is 12.5 Å². The molecule has 0 aliphatic carbocycles. The monoisotopic (exact) mass is 222 g/mol. The van der Waals surface area contributed by atoms with Crippen molar-refractivity contribution in [1.29, 1.82) is 0 Å². The highest BCUT2D eigenvalue weighted by Crippen LogP contribution is 2.11. The number of hydrogen-bond donors (Lipinski definition) is 1. The van der Waals surface area contributed by atoms with Gasteiger partial charge in [0.25, 0.3) is 0 Å². The first-order valence-electron chi connectivity index (χ1n) is 6.21. The minimum absolute atomic E-state index is 0.182. The van der Waals surface area contributed by atoms with Crippen LogP contribution in [0.2, 0.25) is 0 Å². The highest BCUT2D eigenvalue weighted by Gasteiger charge is 2.05. The summed E-state index contributed by atoms with van der Waals surface area (Å²) in [5.41, 5.74) is 0.641. The summed E-state index contributed by atoms with van der Waals surface area (Å²) in [6.07, 6.45) is 9.78. The fourth-order valence-corrected chi connectivity index (χ4v) is 1.73. The van der Waals surface area contributed by atoms with Gasteiger partial charge in [0.15, 0.2) is 5.78 Å². The van der Waals surface area contributed by atoms with E-state index >= 15 is 0 Å². The largest absolute Gasteiger partial charge is 0.342 e. The summed E-state index contributed by atoms with van der Waals surface area (Å²) in [5, 5.41) is 0. The molecule has 0 saturated carbocycles. The second-order valence-electron chi connectivity index (χ2n) is 4.74. The fraction of sp³-hybridized carbons (Fsp3) is 0.692. The molecule has 0 spiro atoms. The lowest BCUT2D eigenvalue weighted by atomic mass is 10.0. The van der Waals surface area contributed by atoms with Crippen LogP contribution in [0.25, 0.3) is 0 Å². The van der Waals surface area contributed by atoms with Gasteiger partial charge in [-0.2, -0.15) is 0 Å². The number of ketones is 1. The molecule has 3 heteroatoms. The molecule has 1 rings (SSSR count). The standard InChI is InChI=1S/C13H22N2O/c1-11(2)7-5-3-4-6-8-13(16)12-9-14-10-15-12/h9-11H,3-8H2,1-2H3,(H,14,15). The number of nitrogens with one attached hydrogen (secondary N) is 1. The molecule has 0 fully saturated rings. The summed E-state index contributed by atoms with van der Waals surface area (Å²) >= 11 is 0. The number of hydrogen-bond acceptors (Lipinski definition) is 2. The summed E-state index contributed by atoms with van der Waals surface area (Å²) in [4.78, 5) is 18.3. The Morgan fingerprint density at radius 2 is 2.06 bits per heavy atom. The Labute approximate surface area is 97.7 Å². The molecule has 1 aromatic heterocycles. The maximum absolute atomic E-state index is 11.6. The summed E-state index contributed by atoms with van der Waals surface area (Å²) in [7, 11) is 0. The van der Waals surface area contributed by atoms with Crippen molar-refractivity contribution in [3.8, 4) is 0 Å². The third-order valence-corrected chi connectivity index (χ3v) is 2.73. The molecule has 1 heterocycles. The quantitative estimate of drug-likeness (QED) is 0.539. The van der Waals surface area contributed by atoms with Gasteiger partial charge < -0.3 is 4.98 Å². The van der Waals surface area contributed by atoms with Crippen LogP contribution < -0.4 is 0 Å².